The number of carbonyl (C=O) groups excluding carboxylic acids is 1. The van der Waals surface area contributed by atoms with Gasteiger partial charge in [0.2, 0.25) is 0 Å². The highest BCUT2D eigenvalue weighted by atomic mass is 28.4. The van der Waals surface area contributed by atoms with Gasteiger partial charge in [-0.25, -0.2) is 4.79 Å². The minimum Gasteiger partial charge on any atom is -0.497 e. The molecule has 2 N–H and O–H groups in total. The molecule has 1 fully saturated rings. The lowest BCUT2D eigenvalue weighted by molar-refractivity contribution is -0.158. The summed E-state index contributed by atoms with van der Waals surface area (Å²) in [7, 11) is -0.497. The molecule has 1 aliphatic heterocycles. The molecule has 0 aromatic heterocycles. The second-order valence-electron chi connectivity index (χ2n) is 12.1. The van der Waals surface area contributed by atoms with Crippen molar-refractivity contribution < 1.29 is 33.3 Å². The molecule has 0 spiro atoms. The maximum atomic E-state index is 12.8. The number of aliphatic hydroxyl groups excluding tert-OH is 1. The lowest BCUT2D eigenvalue weighted by Crippen LogP contribution is -2.49. The lowest BCUT2D eigenvalue weighted by atomic mass is 9.95. The molecule has 1 aromatic carbocycles. The minimum absolute atomic E-state index is 0.00231. The number of carbonyl (C=O) groups is 1. The summed E-state index contributed by atoms with van der Waals surface area (Å²) in [6.45, 7) is 19.8. The first-order chi connectivity index (χ1) is 15.9. The molecule has 2 rings (SSSR count). The Morgan fingerprint density at radius 1 is 1.09 bits per heavy atom. The van der Waals surface area contributed by atoms with Gasteiger partial charge in [-0.1, -0.05) is 32.9 Å². The average Bonchev–Trinajstić information content (AvgIpc) is 3.03. The SMILES string of the molecule is COc1ccc([C@@H](NC(=O)OC(C)(C)C)[C@@H]2OC(C)(C)O[C@H]2[C@@H](O)CO[Si](C)(C)C(C)(C)C)cc1. The predicted octanol–water partition coefficient (Wildman–Crippen LogP) is 5.16. The monoisotopic (exact) mass is 511 g/mol. The third kappa shape index (κ3) is 8.18. The van der Waals surface area contributed by atoms with Crippen molar-refractivity contribution in [2.24, 2.45) is 0 Å². The van der Waals surface area contributed by atoms with Crippen LogP contribution in [0.25, 0.3) is 0 Å². The van der Waals surface area contributed by atoms with Crippen molar-refractivity contribution in [2.45, 2.75) is 109 Å². The molecule has 1 heterocycles. The minimum atomic E-state index is -2.09. The summed E-state index contributed by atoms with van der Waals surface area (Å²) in [5, 5.41) is 14.1. The van der Waals surface area contributed by atoms with Crippen molar-refractivity contribution in [1.29, 1.82) is 0 Å². The topological polar surface area (TPSA) is 95.5 Å². The van der Waals surface area contributed by atoms with E-state index in [4.69, 9.17) is 23.4 Å². The summed E-state index contributed by atoms with van der Waals surface area (Å²) < 4.78 is 29.5. The molecule has 1 saturated heterocycles. The first-order valence-corrected chi connectivity index (χ1v) is 15.1. The molecule has 1 amide bonds. The lowest BCUT2D eigenvalue weighted by Gasteiger charge is -2.37. The number of ether oxygens (including phenoxy) is 4. The van der Waals surface area contributed by atoms with E-state index in [0.717, 1.165) is 5.56 Å². The van der Waals surface area contributed by atoms with Gasteiger partial charge in [-0.3, -0.25) is 0 Å². The molecular weight excluding hydrogens is 466 g/mol. The fraction of sp³-hybridized carbons (Fsp3) is 0.731. The van der Waals surface area contributed by atoms with E-state index in [-0.39, 0.29) is 11.6 Å². The molecule has 1 aliphatic rings. The Bertz CT molecular complexity index is 843. The van der Waals surface area contributed by atoms with Crippen LogP contribution in [-0.4, -0.2) is 62.9 Å². The fourth-order valence-corrected chi connectivity index (χ4v) is 4.60. The van der Waals surface area contributed by atoms with Gasteiger partial charge < -0.3 is 33.8 Å². The molecule has 0 aliphatic carbocycles. The molecule has 0 unspecified atom stereocenters. The van der Waals surface area contributed by atoms with Crippen molar-refractivity contribution in [1.82, 2.24) is 5.32 Å². The van der Waals surface area contributed by atoms with E-state index in [1.54, 1.807) is 41.7 Å². The standard InChI is InChI=1S/C26H45NO7Si/c1-24(2,3)34-23(29)27-20(17-12-14-18(30-9)15-13-17)22-21(32-26(7,8)33-22)19(28)16-31-35(10,11)25(4,5)6/h12-15,19-22,28H,16H2,1-11H3,(H,27,29)/t19-,20+,21-,22-/m0/s1. The van der Waals surface area contributed by atoms with Gasteiger partial charge in [0.25, 0.3) is 0 Å². The smallest absolute Gasteiger partial charge is 0.408 e. The summed E-state index contributed by atoms with van der Waals surface area (Å²) >= 11 is 0. The van der Waals surface area contributed by atoms with Crippen molar-refractivity contribution >= 4 is 14.4 Å². The van der Waals surface area contributed by atoms with Crippen LogP contribution in [0, 0.1) is 0 Å². The average molecular weight is 512 g/mol. The van der Waals surface area contributed by atoms with Gasteiger partial charge in [0, 0.05) is 0 Å². The third-order valence-corrected chi connectivity index (χ3v) is 10.9. The summed E-state index contributed by atoms with van der Waals surface area (Å²) in [4.78, 5) is 12.8. The second kappa shape index (κ2) is 10.8. The number of alkyl carbamates (subject to hydrolysis) is 1. The zero-order chi connectivity index (χ0) is 26.8. The van der Waals surface area contributed by atoms with Crippen molar-refractivity contribution in [3.05, 3.63) is 29.8 Å². The predicted molar refractivity (Wildman–Crippen MR) is 138 cm³/mol. The molecule has 9 heteroatoms. The van der Waals surface area contributed by atoms with Gasteiger partial charge in [0.15, 0.2) is 14.1 Å². The maximum absolute atomic E-state index is 12.8. The van der Waals surface area contributed by atoms with E-state index in [1.165, 1.54) is 0 Å². The van der Waals surface area contributed by atoms with Gasteiger partial charge in [-0.2, -0.15) is 0 Å². The number of methoxy groups -OCH3 is 1. The first-order valence-electron chi connectivity index (χ1n) is 12.2. The normalized spacial score (nSPS) is 22.4. The summed E-state index contributed by atoms with van der Waals surface area (Å²) in [6, 6.07) is 6.68. The molecule has 0 bridgehead atoms. The van der Waals surface area contributed by atoms with E-state index in [2.05, 4.69) is 39.2 Å². The van der Waals surface area contributed by atoms with E-state index in [0.29, 0.717) is 5.75 Å². The Morgan fingerprint density at radius 2 is 1.63 bits per heavy atom. The van der Waals surface area contributed by atoms with E-state index >= 15 is 0 Å². The number of amides is 1. The Hall–Kier alpha value is -1.65. The highest BCUT2D eigenvalue weighted by Gasteiger charge is 2.50. The van der Waals surface area contributed by atoms with Crippen LogP contribution in [0.15, 0.2) is 24.3 Å². The number of hydrogen-bond donors (Lipinski definition) is 2. The Balaban J connectivity index is 2.35. The zero-order valence-electron chi connectivity index (χ0n) is 23.2. The second-order valence-corrected chi connectivity index (χ2v) is 16.9. The number of rotatable bonds is 8. The van der Waals surface area contributed by atoms with E-state index in [9.17, 15) is 9.90 Å². The quantitative estimate of drug-likeness (QED) is 0.465. The van der Waals surface area contributed by atoms with Crippen molar-refractivity contribution in [2.75, 3.05) is 13.7 Å². The molecule has 1 aromatic rings. The van der Waals surface area contributed by atoms with Crippen LogP contribution in [0.2, 0.25) is 18.1 Å². The van der Waals surface area contributed by atoms with Gasteiger partial charge in [0.05, 0.1) is 19.8 Å². The Labute approximate surface area is 211 Å². The Kier molecular flexibility index (Phi) is 9.09. The third-order valence-electron chi connectivity index (χ3n) is 6.44. The molecule has 8 nitrogen and oxygen atoms in total. The number of aliphatic hydroxyl groups is 1. The zero-order valence-corrected chi connectivity index (χ0v) is 24.2. The van der Waals surface area contributed by atoms with Crippen LogP contribution in [0.4, 0.5) is 4.79 Å². The van der Waals surface area contributed by atoms with Crippen LogP contribution in [-0.2, 0) is 18.6 Å². The molecule has 35 heavy (non-hydrogen) atoms. The Morgan fingerprint density at radius 3 is 2.11 bits per heavy atom. The van der Waals surface area contributed by atoms with Gasteiger partial charge >= 0.3 is 6.09 Å². The van der Waals surface area contributed by atoms with E-state index < -0.39 is 50.2 Å². The largest absolute Gasteiger partial charge is 0.497 e. The molecule has 4 atom stereocenters. The highest BCUT2D eigenvalue weighted by Crippen LogP contribution is 2.39. The van der Waals surface area contributed by atoms with Crippen LogP contribution in [0.1, 0.15) is 67.0 Å². The first kappa shape index (κ1) is 29.6. The highest BCUT2D eigenvalue weighted by molar-refractivity contribution is 6.74. The van der Waals surface area contributed by atoms with Crippen LogP contribution in [0.3, 0.4) is 0 Å². The number of nitrogens with one attached hydrogen (secondary N) is 1. The number of hydrogen-bond acceptors (Lipinski definition) is 7. The summed E-state index contributed by atoms with van der Waals surface area (Å²) in [6.07, 6.45) is -2.98. The number of benzene rings is 1. The van der Waals surface area contributed by atoms with Crippen molar-refractivity contribution in [3.8, 4) is 5.75 Å². The van der Waals surface area contributed by atoms with Crippen LogP contribution >= 0.6 is 0 Å². The molecular formula is C26H45NO7Si. The van der Waals surface area contributed by atoms with Gasteiger partial charge in [-0.05, 0) is 70.4 Å². The fourth-order valence-electron chi connectivity index (χ4n) is 3.58. The summed E-state index contributed by atoms with van der Waals surface area (Å²) in [5.74, 6) is -0.277. The summed E-state index contributed by atoms with van der Waals surface area (Å²) in [5.41, 5.74) is 0.0991. The molecule has 0 radical (unpaired) electrons. The van der Waals surface area contributed by atoms with Crippen LogP contribution in [0.5, 0.6) is 5.75 Å². The van der Waals surface area contributed by atoms with E-state index in [1.807, 2.05) is 24.3 Å². The molecule has 200 valence electrons. The maximum Gasteiger partial charge on any atom is 0.408 e. The van der Waals surface area contributed by atoms with Gasteiger partial charge in [-0.15, -0.1) is 0 Å². The molecule has 0 saturated carbocycles. The van der Waals surface area contributed by atoms with Crippen molar-refractivity contribution in [3.63, 3.8) is 0 Å². The van der Waals surface area contributed by atoms with Gasteiger partial charge in [0.1, 0.15) is 29.7 Å². The van der Waals surface area contributed by atoms with Crippen LogP contribution < -0.4 is 10.1 Å².